The van der Waals surface area contributed by atoms with Crippen LogP contribution in [0.15, 0.2) is 54.6 Å². The third kappa shape index (κ3) is 3.40. The Morgan fingerprint density at radius 3 is 2.76 bits per heavy atom. The van der Waals surface area contributed by atoms with E-state index in [4.69, 9.17) is 4.74 Å². The smallest absolute Gasteiger partial charge is 0.255 e. The van der Waals surface area contributed by atoms with Crippen LogP contribution >= 0.6 is 0 Å². The van der Waals surface area contributed by atoms with E-state index in [-0.39, 0.29) is 11.8 Å². The number of fused-ring (bicyclic) bond motifs is 1. The van der Waals surface area contributed by atoms with Crippen molar-refractivity contribution >= 4 is 17.5 Å². The second-order valence-corrected chi connectivity index (χ2v) is 6.17. The molecule has 0 aromatic heterocycles. The molecule has 2 N–H and O–H groups in total. The summed E-state index contributed by atoms with van der Waals surface area (Å²) in [5, 5.41) is 5.62. The number of ether oxygens (including phenoxy) is 1. The number of carbonyl (C=O) groups excluding carboxylic acids is 2. The van der Waals surface area contributed by atoms with Gasteiger partial charge < -0.3 is 15.4 Å². The summed E-state index contributed by atoms with van der Waals surface area (Å²) in [5.74, 6) is -0.127. The molecule has 1 aliphatic heterocycles. The van der Waals surface area contributed by atoms with Crippen molar-refractivity contribution in [3.63, 3.8) is 0 Å². The normalized spacial score (nSPS) is 15.3. The van der Waals surface area contributed by atoms with Crippen LogP contribution < -0.4 is 15.4 Å². The van der Waals surface area contributed by atoms with Gasteiger partial charge in [0.1, 0.15) is 18.4 Å². The highest BCUT2D eigenvalue weighted by Gasteiger charge is 2.33. The standard InChI is InChI=1S/C20H20N2O3/c1-12(2)11-25-16-10-5-4-8-14(16)19(23)22-18-17-13(3)7-6-9-15(17)21-20(18)24/h4-10,18H,1,11H2,2-3H3,(H,21,24)(H,22,23)/t18-/m1/s1. The molecule has 0 aliphatic carbocycles. The Morgan fingerprint density at radius 1 is 1.24 bits per heavy atom. The van der Waals surface area contributed by atoms with E-state index < -0.39 is 6.04 Å². The van der Waals surface area contributed by atoms with Crippen LogP contribution in [-0.2, 0) is 4.79 Å². The number of aryl methyl sites for hydroxylation is 1. The SMILES string of the molecule is C=C(C)COc1ccccc1C(=O)N[C@H]1C(=O)Nc2cccc(C)c21. The lowest BCUT2D eigenvalue weighted by molar-refractivity contribution is -0.117. The Balaban J connectivity index is 1.85. The van der Waals surface area contributed by atoms with Gasteiger partial charge in [-0.2, -0.15) is 0 Å². The molecule has 0 bridgehead atoms. The summed E-state index contributed by atoms with van der Waals surface area (Å²) in [6.45, 7) is 7.89. The maximum atomic E-state index is 12.7. The van der Waals surface area contributed by atoms with Gasteiger partial charge in [0, 0.05) is 11.3 Å². The molecule has 1 aliphatic rings. The molecule has 0 saturated carbocycles. The van der Waals surface area contributed by atoms with Crippen molar-refractivity contribution in [2.45, 2.75) is 19.9 Å². The predicted molar refractivity (Wildman–Crippen MR) is 96.8 cm³/mol. The lowest BCUT2D eigenvalue weighted by Gasteiger charge is -2.16. The van der Waals surface area contributed by atoms with E-state index in [1.807, 2.05) is 32.0 Å². The van der Waals surface area contributed by atoms with E-state index >= 15 is 0 Å². The highest BCUT2D eigenvalue weighted by Crippen LogP contribution is 2.33. The van der Waals surface area contributed by atoms with Gasteiger partial charge in [0.15, 0.2) is 0 Å². The fourth-order valence-corrected chi connectivity index (χ4v) is 2.84. The number of para-hydroxylation sites is 1. The zero-order valence-corrected chi connectivity index (χ0v) is 14.3. The maximum absolute atomic E-state index is 12.7. The molecule has 2 aromatic rings. The second kappa shape index (κ2) is 6.81. The Morgan fingerprint density at radius 2 is 2.00 bits per heavy atom. The average Bonchev–Trinajstić information content (AvgIpc) is 2.90. The highest BCUT2D eigenvalue weighted by molar-refractivity contribution is 6.07. The molecule has 0 fully saturated rings. The summed E-state index contributed by atoms with van der Waals surface area (Å²) in [4.78, 5) is 25.0. The van der Waals surface area contributed by atoms with Gasteiger partial charge in [-0.15, -0.1) is 0 Å². The minimum atomic E-state index is -0.710. The third-order valence-electron chi connectivity index (χ3n) is 4.01. The van der Waals surface area contributed by atoms with Crippen LogP contribution in [0, 0.1) is 6.92 Å². The zero-order chi connectivity index (χ0) is 18.0. The molecule has 3 rings (SSSR count). The van der Waals surface area contributed by atoms with E-state index in [9.17, 15) is 9.59 Å². The molecular weight excluding hydrogens is 316 g/mol. The lowest BCUT2D eigenvalue weighted by atomic mass is 10.0. The number of anilines is 1. The van der Waals surface area contributed by atoms with Crippen LogP contribution in [0.3, 0.4) is 0 Å². The lowest BCUT2D eigenvalue weighted by Crippen LogP contribution is -2.33. The molecule has 2 aromatic carbocycles. The Bertz CT molecular complexity index is 858. The average molecular weight is 336 g/mol. The zero-order valence-electron chi connectivity index (χ0n) is 14.3. The first-order valence-corrected chi connectivity index (χ1v) is 8.05. The topological polar surface area (TPSA) is 67.4 Å². The second-order valence-electron chi connectivity index (χ2n) is 6.17. The Kier molecular flexibility index (Phi) is 4.57. The Labute approximate surface area is 146 Å². The minimum Gasteiger partial charge on any atom is -0.488 e. The summed E-state index contributed by atoms with van der Waals surface area (Å²) in [6.07, 6.45) is 0. The van der Waals surface area contributed by atoms with Crippen LogP contribution in [0.4, 0.5) is 5.69 Å². The third-order valence-corrected chi connectivity index (χ3v) is 4.01. The molecule has 0 unspecified atom stereocenters. The molecule has 5 heteroatoms. The molecule has 5 nitrogen and oxygen atoms in total. The molecule has 0 saturated heterocycles. The maximum Gasteiger partial charge on any atom is 0.255 e. The summed E-state index contributed by atoms with van der Waals surface area (Å²) in [6, 6.07) is 11.9. The first kappa shape index (κ1) is 16.8. The molecule has 0 spiro atoms. The van der Waals surface area contributed by atoms with Crippen molar-refractivity contribution in [3.8, 4) is 5.75 Å². The number of nitrogens with one attached hydrogen (secondary N) is 2. The highest BCUT2D eigenvalue weighted by atomic mass is 16.5. The van der Waals surface area contributed by atoms with E-state index in [0.717, 1.165) is 22.4 Å². The molecule has 1 atom stereocenters. The summed E-state index contributed by atoms with van der Waals surface area (Å²) >= 11 is 0. The number of hydrogen-bond acceptors (Lipinski definition) is 3. The molecular formula is C20H20N2O3. The van der Waals surface area contributed by atoms with Crippen molar-refractivity contribution in [1.29, 1.82) is 0 Å². The van der Waals surface area contributed by atoms with E-state index in [1.54, 1.807) is 24.3 Å². The summed E-state index contributed by atoms with van der Waals surface area (Å²) < 4.78 is 5.64. The molecule has 25 heavy (non-hydrogen) atoms. The van der Waals surface area contributed by atoms with Gasteiger partial charge >= 0.3 is 0 Å². The minimum absolute atomic E-state index is 0.238. The number of amides is 2. The number of benzene rings is 2. The molecule has 128 valence electrons. The van der Waals surface area contributed by atoms with Gasteiger partial charge in [0.2, 0.25) is 0 Å². The van der Waals surface area contributed by atoms with Gasteiger partial charge in [-0.3, -0.25) is 9.59 Å². The van der Waals surface area contributed by atoms with E-state index in [1.165, 1.54) is 0 Å². The van der Waals surface area contributed by atoms with Crippen molar-refractivity contribution in [2.24, 2.45) is 0 Å². The first-order chi connectivity index (χ1) is 12.0. The van der Waals surface area contributed by atoms with E-state index in [2.05, 4.69) is 17.2 Å². The fraction of sp³-hybridized carbons (Fsp3) is 0.200. The quantitative estimate of drug-likeness (QED) is 0.823. The van der Waals surface area contributed by atoms with Crippen LogP contribution in [0.5, 0.6) is 5.75 Å². The monoisotopic (exact) mass is 336 g/mol. The van der Waals surface area contributed by atoms with Crippen molar-refractivity contribution in [1.82, 2.24) is 5.32 Å². The van der Waals surface area contributed by atoms with Crippen molar-refractivity contribution < 1.29 is 14.3 Å². The molecule has 2 amide bonds. The van der Waals surface area contributed by atoms with Crippen LogP contribution in [-0.4, -0.2) is 18.4 Å². The van der Waals surface area contributed by atoms with Gasteiger partial charge in [-0.25, -0.2) is 0 Å². The van der Waals surface area contributed by atoms with Gasteiger partial charge in [-0.1, -0.05) is 30.8 Å². The van der Waals surface area contributed by atoms with Gasteiger partial charge in [0.25, 0.3) is 11.8 Å². The van der Waals surface area contributed by atoms with Crippen molar-refractivity contribution in [2.75, 3.05) is 11.9 Å². The van der Waals surface area contributed by atoms with Gasteiger partial charge in [0.05, 0.1) is 5.56 Å². The summed E-state index contributed by atoms with van der Waals surface area (Å²) in [7, 11) is 0. The first-order valence-electron chi connectivity index (χ1n) is 8.05. The number of rotatable bonds is 5. The molecule has 0 radical (unpaired) electrons. The number of carbonyl (C=O) groups is 2. The number of hydrogen-bond donors (Lipinski definition) is 2. The van der Waals surface area contributed by atoms with Crippen LogP contribution in [0.25, 0.3) is 0 Å². The van der Waals surface area contributed by atoms with Crippen LogP contribution in [0.1, 0.15) is 34.5 Å². The largest absolute Gasteiger partial charge is 0.488 e. The molecule has 1 heterocycles. The Hall–Kier alpha value is -3.08. The van der Waals surface area contributed by atoms with E-state index in [0.29, 0.717) is 17.9 Å². The van der Waals surface area contributed by atoms with Gasteiger partial charge in [-0.05, 0) is 43.2 Å². The van der Waals surface area contributed by atoms with Crippen LogP contribution in [0.2, 0.25) is 0 Å². The predicted octanol–water partition coefficient (Wildman–Crippen LogP) is 3.37. The fourth-order valence-electron chi connectivity index (χ4n) is 2.84. The summed E-state index contributed by atoms with van der Waals surface area (Å²) in [5.41, 5.74) is 3.74. The van der Waals surface area contributed by atoms with Crippen molar-refractivity contribution in [3.05, 3.63) is 71.3 Å².